The van der Waals surface area contributed by atoms with Gasteiger partial charge < -0.3 is 20.2 Å². The van der Waals surface area contributed by atoms with E-state index in [1.165, 1.54) is 18.4 Å². The minimum Gasteiger partial charge on any atom is -0.446 e. The van der Waals surface area contributed by atoms with E-state index in [0.29, 0.717) is 30.5 Å². The fourth-order valence-corrected chi connectivity index (χ4v) is 4.48. The molecule has 178 valence electrons. The molecular weight excluding hydrogens is 437 g/mol. The number of oxazole rings is 1. The Kier molecular flexibility index (Phi) is 6.49. The first-order valence-electron chi connectivity index (χ1n) is 10.9. The van der Waals surface area contributed by atoms with E-state index in [-0.39, 0.29) is 18.2 Å². The Hall–Kier alpha value is -2.85. The normalized spacial score (nSPS) is 24.2. The molecule has 0 radical (unpaired) electrons. The summed E-state index contributed by atoms with van der Waals surface area (Å²) < 4.78 is 43.8. The zero-order chi connectivity index (χ0) is 23.6. The second-order valence-electron chi connectivity index (χ2n) is 8.76. The second-order valence-corrected chi connectivity index (χ2v) is 8.76. The van der Waals surface area contributed by atoms with Gasteiger partial charge in [0.1, 0.15) is 11.9 Å². The molecule has 0 atom stereocenters. The van der Waals surface area contributed by atoms with Crippen LogP contribution in [0.1, 0.15) is 47.5 Å². The third-order valence-corrected chi connectivity index (χ3v) is 6.36. The largest absolute Gasteiger partial charge is 0.446 e. The molecule has 1 aliphatic carbocycles. The standard InChI is InChI=1S/C23H27F3N4O3/c1-15(12-28-20(31)16-3-2-4-17(11-16)23(24,25)26)29-18-13-30(14-18)19-5-7-22(32,8-6-19)21-27-9-10-33-21/h2-4,9-11,18-19,29,32H,1,5-8,12-14H2,(H,28,31). The van der Waals surface area contributed by atoms with Gasteiger partial charge in [0.2, 0.25) is 5.89 Å². The van der Waals surface area contributed by atoms with Gasteiger partial charge in [-0.3, -0.25) is 9.69 Å². The van der Waals surface area contributed by atoms with Crippen LogP contribution in [0.15, 0.2) is 53.4 Å². The number of carbonyl (C=O) groups is 1. The second kappa shape index (κ2) is 9.18. The van der Waals surface area contributed by atoms with Crippen LogP contribution in [0.2, 0.25) is 0 Å². The van der Waals surface area contributed by atoms with Crippen LogP contribution in [0.5, 0.6) is 0 Å². The summed E-state index contributed by atoms with van der Waals surface area (Å²) in [6.45, 7) is 5.68. The molecule has 1 aliphatic heterocycles. The number of aliphatic hydroxyl groups is 1. The molecule has 1 saturated heterocycles. The van der Waals surface area contributed by atoms with Crippen LogP contribution in [-0.4, -0.2) is 52.6 Å². The maximum absolute atomic E-state index is 12.8. The number of hydrogen-bond donors (Lipinski definition) is 3. The van der Waals surface area contributed by atoms with Gasteiger partial charge in [-0.15, -0.1) is 0 Å². The van der Waals surface area contributed by atoms with Crippen LogP contribution in [0.3, 0.4) is 0 Å². The Morgan fingerprint density at radius 2 is 2.03 bits per heavy atom. The third-order valence-electron chi connectivity index (χ3n) is 6.36. The minimum atomic E-state index is -4.50. The molecule has 2 aromatic rings. The van der Waals surface area contributed by atoms with E-state index in [4.69, 9.17) is 4.42 Å². The number of likely N-dealkylation sites (tertiary alicyclic amines) is 1. The number of rotatable bonds is 7. The lowest BCUT2D eigenvalue weighted by Crippen LogP contribution is -2.62. The lowest BCUT2D eigenvalue weighted by atomic mass is 9.80. The zero-order valence-corrected chi connectivity index (χ0v) is 18.1. The van der Waals surface area contributed by atoms with Crippen molar-refractivity contribution in [3.63, 3.8) is 0 Å². The van der Waals surface area contributed by atoms with Crippen molar-refractivity contribution in [3.05, 3.63) is 66.0 Å². The van der Waals surface area contributed by atoms with Crippen LogP contribution < -0.4 is 10.6 Å². The van der Waals surface area contributed by atoms with Gasteiger partial charge in [0, 0.05) is 30.4 Å². The van der Waals surface area contributed by atoms with Gasteiger partial charge in [-0.05, 0) is 43.9 Å². The van der Waals surface area contributed by atoms with Gasteiger partial charge >= 0.3 is 6.18 Å². The molecule has 33 heavy (non-hydrogen) atoms. The average Bonchev–Trinajstić information content (AvgIpc) is 3.31. The van der Waals surface area contributed by atoms with E-state index >= 15 is 0 Å². The average molecular weight is 464 g/mol. The summed E-state index contributed by atoms with van der Waals surface area (Å²) in [7, 11) is 0. The van der Waals surface area contributed by atoms with E-state index in [0.717, 1.165) is 38.1 Å². The Labute approximate surface area is 189 Å². The van der Waals surface area contributed by atoms with E-state index in [2.05, 4.69) is 27.1 Å². The van der Waals surface area contributed by atoms with Crippen LogP contribution in [0.4, 0.5) is 13.2 Å². The molecule has 1 aromatic carbocycles. The number of aromatic nitrogens is 1. The van der Waals surface area contributed by atoms with Gasteiger partial charge in [-0.25, -0.2) is 4.98 Å². The van der Waals surface area contributed by atoms with Crippen LogP contribution in [-0.2, 0) is 11.8 Å². The highest BCUT2D eigenvalue weighted by molar-refractivity contribution is 5.94. The molecule has 1 amide bonds. The van der Waals surface area contributed by atoms with Crippen LogP contribution >= 0.6 is 0 Å². The van der Waals surface area contributed by atoms with Crippen molar-refractivity contribution in [3.8, 4) is 0 Å². The van der Waals surface area contributed by atoms with Crippen molar-refractivity contribution in [2.45, 2.75) is 49.5 Å². The minimum absolute atomic E-state index is 0.0468. The first-order valence-corrected chi connectivity index (χ1v) is 10.9. The molecule has 10 heteroatoms. The van der Waals surface area contributed by atoms with E-state index < -0.39 is 23.2 Å². The third kappa shape index (κ3) is 5.39. The molecule has 3 N–H and O–H groups in total. The number of hydrogen-bond acceptors (Lipinski definition) is 6. The molecule has 1 saturated carbocycles. The van der Waals surface area contributed by atoms with Crippen molar-refractivity contribution >= 4 is 5.91 Å². The van der Waals surface area contributed by atoms with Gasteiger partial charge in [0.15, 0.2) is 0 Å². The van der Waals surface area contributed by atoms with Gasteiger partial charge in [-0.2, -0.15) is 13.2 Å². The first-order chi connectivity index (χ1) is 15.6. The number of alkyl halides is 3. The molecule has 7 nitrogen and oxygen atoms in total. The summed E-state index contributed by atoms with van der Waals surface area (Å²) in [4.78, 5) is 18.6. The SMILES string of the molecule is C=C(CNC(=O)c1cccc(C(F)(F)F)c1)NC1CN(C2CCC(O)(c3ncco3)CC2)C1. The Balaban J connectivity index is 1.17. The van der Waals surface area contributed by atoms with E-state index in [1.54, 1.807) is 6.20 Å². The topological polar surface area (TPSA) is 90.6 Å². The fourth-order valence-electron chi connectivity index (χ4n) is 4.48. The fraction of sp³-hybridized carbons (Fsp3) is 0.478. The summed E-state index contributed by atoms with van der Waals surface area (Å²) in [5.74, 6) is -0.201. The molecular formula is C23H27F3N4O3. The summed E-state index contributed by atoms with van der Waals surface area (Å²) >= 11 is 0. The summed E-state index contributed by atoms with van der Waals surface area (Å²) in [6, 6.07) is 4.90. The molecule has 0 spiro atoms. The molecule has 2 aliphatic rings. The predicted molar refractivity (Wildman–Crippen MR) is 114 cm³/mol. The number of amides is 1. The zero-order valence-electron chi connectivity index (χ0n) is 18.1. The van der Waals surface area contributed by atoms with Crippen molar-refractivity contribution in [2.24, 2.45) is 0 Å². The summed E-state index contributed by atoms with van der Waals surface area (Å²) in [5, 5.41) is 16.6. The molecule has 4 rings (SSSR count). The summed E-state index contributed by atoms with van der Waals surface area (Å²) in [6.07, 6.45) is 1.41. The Bertz CT molecular complexity index is 979. The van der Waals surface area contributed by atoms with E-state index in [9.17, 15) is 23.1 Å². The van der Waals surface area contributed by atoms with Gasteiger partial charge in [-0.1, -0.05) is 12.6 Å². The van der Waals surface area contributed by atoms with Crippen molar-refractivity contribution < 1.29 is 27.5 Å². The maximum Gasteiger partial charge on any atom is 0.416 e. The highest BCUT2D eigenvalue weighted by atomic mass is 19.4. The highest BCUT2D eigenvalue weighted by Crippen LogP contribution is 2.38. The van der Waals surface area contributed by atoms with Crippen LogP contribution in [0.25, 0.3) is 0 Å². The maximum atomic E-state index is 12.8. The monoisotopic (exact) mass is 464 g/mol. The molecule has 2 fully saturated rings. The smallest absolute Gasteiger partial charge is 0.416 e. The number of nitrogens with one attached hydrogen (secondary N) is 2. The van der Waals surface area contributed by atoms with Crippen LogP contribution in [0, 0.1) is 0 Å². The number of carbonyl (C=O) groups excluding carboxylic acids is 1. The molecule has 1 aromatic heterocycles. The molecule has 0 bridgehead atoms. The molecule has 0 unspecified atom stereocenters. The number of nitrogens with zero attached hydrogens (tertiary/aromatic N) is 2. The predicted octanol–water partition coefficient (Wildman–Crippen LogP) is 3.04. The van der Waals surface area contributed by atoms with Crippen molar-refractivity contribution in [1.29, 1.82) is 0 Å². The van der Waals surface area contributed by atoms with Gasteiger partial charge in [0.05, 0.1) is 24.3 Å². The lowest BCUT2D eigenvalue weighted by Gasteiger charge is -2.48. The first kappa shape index (κ1) is 23.3. The van der Waals surface area contributed by atoms with E-state index in [1.807, 2.05) is 0 Å². The highest BCUT2D eigenvalue weighted by Gasteiger charge is 2.42. The summed E-state index contributed by atoms with van der Waals surface area (Å²) in [5.41, 5.74) is -1.30. The van der Waals surface area contributed by atoms with Crippen molar-refractivity contribution in [1.82, 2.24) is 20.5 Å². The number of benzene rings is 1. The Morgan fingerprint density at radius 3 is 2.67 bits per heavy atom. The Morgan fingerprint density at radius 1 is 1.30 bits per heavy atom. The van der Waals surface area contributed by atoms with Crippen molar-refractivity contribution in [2.75, 3.05) is 19.6 Å². The lowest BCUT2D eigenvalue weighted by molar-refractivity contribution is -0.137. The quantitative estimate of drug-likeness (QED) is 0.584. The molecule has 2 heterocycles. The number of halogens is 3. The van der Waals surface area contributed by atoms with Gasteiger partial charge in [0.25, 0.3) is 5.91 Å².